The van der Waals surface area contributed by atoms with Crippen molar-refractivity contribution < 1.29 is 18.0 Å². The number of amides is 2. The van der Waals surface area contributed by atoms with E-state index in [2.05, 4.69) is 10.6 Å². The molecule has 0 spiro atoms. The summed E-state index contributed by atoms with van der Waals surface area (Å²) >= 11 is 0. The van der Waals surface area contributed by atoms with Crippen LogP contribution >= 0.6 is 0 Å². The Morgan fingerprint density at radius 3 is 2.63 bits per heavy atom. The van der Waals surface area contributed by atoms with Gasteiger partial charge in [0.25, 0.3) is 0 Å². The van der Waals surface area contributed by atoms with Crippen LogP contribution in [0.4, 0.5) is 0 Å². The fraction of sp³-hybridized carbons (Fsp3) is 0.579. The lowest BCUT2D eigenvalue weighted by atomic mass is 9.75. The van der Waals surface area contributed by atoms with E-state index in [-0.39, 0.29) is 30.7 Å². The summed E-state index contributed by atoms with van der Waals surface area (Å²) in [6.45, 7) is 2.77. The van der Waals surface area contributed by atoms with Crippen molar-refractivity contribution >= 4 is 21.8 Å². The van der Waals surface area contributed by atoms with E-state index in [9.17, 15) is 18.0 Å². The zero-order valence-electron chi connectivity index (χ0n) is 15.6. The minimum Gasteiger partial charge on any atom is -0.354 e. The molecule has 2 amide bonds. The average molecular weight is 394 g/mol. The molecule has 2 aliphatic heterocycles. The molecule has 1 aromatic rings. The zero-order valence-corrected chi connectivity index (χ0v) is 16.4. The highest BCUT2D eigenvalue weighted by Gasteiger charge is 2.53. The molecule has 8 heteroatoms. The molecule has 2 heterocycles. The van der Waals surface area contributed by atoms with Crippen LogP contribution in [-0.4, -0.2) is 56.0 Å². The molecule has 2 saturated heterocycles. The lowest BCUT2D eigenvalue weighted by Gasteiger charge is -2.48. The van der Waals surface area contributed by atoms with Gasteiger partial charge in [-0.25, -0.2) is 8.42 Å². The third kappa shape index (κ3) is 4.32. The molecule has 2 aliphatic rings. The standard InChI is InChI=1S/C19H27N3O4S/c1-2-11-27(25,26)22-13-19(14-22,12-15-7-4-3-5-8-15)18(24)21-16-9-6-10-20-17(16)23/h3-5,7-8,16H,2,6,9-14H2,1H3,(H,20,23)(H,21,24). The van der Waals surface area contributed by atoms with E-state index in [1.54, 1.807) is 0 Å². The maximum absolute atomic E-state index is 13.1. The van der Waals surface area contributed by atoms with Gasteiger partial charge in [-0.05, 0) is 31.2 Å². The molecule has 0 radical (unpaired) electrons. The van der Waals surface area contributed by atoms with Crippen molar-refractivity contribution in [2.75, 3.05) is 25.4 Å². The number of carbonyl (C=O) groups excluding carboxylic acids is 2. The van der Waals surface area contributed by atoms with E-state index < -0.39 is 21.5 Å². The number of sulfonamides is 1. The smallest absolute Gasteiger partial charge is 0.242 e. The summed E-state index contributed by atoms with van der Waals surface area (Å²) in [6, 6.07) is 9.04. The van der Waals surface area contributed by atoms with Crippen LogP contribution in [0.3, 0.4) is 0 Å². The number of carbonyl (C=O) groups is 2. The van der Waals surface area contributed by atoms with E-state index in [0.29, 0.717) is 25.8 Å². The molecule has 148 valence electrons. The van der Waals surface area contributed by atoms with E-state index in [1.807, 2.05) is 37.3 Å². The SMILES string of the molecule is CCCS(=O)(=O)N1CC(Cc2ccccc2)(C(=O)NC2CCCNC2=O)C1. The number of piperidine rings is 1. The van der Waals surface area contributed by atoms with E-state index in [4.69, 9.17) is 0 Å². The second kappa shape index (κ2) is 7.98. The molecular weight excluding hydrogens is 366 g/mol. The zero-order chi connectivity index (χ0) is 19.5. The number of hydrogen-bond donors (Lipinski definition) is 2. The Bertz CT molecular complexity index is 788. The van der Waals surface area contributed by atoms with Crippen LogP contribution in [0.25, 0.3) is 0 Å². The summed E-state index contributed by atoms with van der Waals surface area (Å²) in [4.78, 5) is 25.1. The summed E-state index contributed by atoms with van der Waals surface area (Å²) < 4.78 is 26.1. The first kappa shape index (κ1) is 19.8. The number of benzene rings is 1. The van der Waals surface area contributed by atoms with E-state index in [0.717, 1.165) is 12.0 Å². The topological polar surface area (TPSA) is 95.6 Å². The van der Waals surface area contributed by atoms with Crippen molar-refractivity contribution in [3.63, 3.8) is 0 Å². The minimum atomic E-state index is -3.34. The summed E-state index contributed by atoms with van der Waals surface area (Å²) in [5, 5.41) is 5.63. The van der Waals surface area contributed by atoms with Crippen LogP contribution in [0.2, 0.25) is 0 Å². The van der Waals surface area contributed by atoms with Gasteiger partial charge in [-0.15, -0.1) is 0 Å². The van der Waals surface area contributed by atoms with Crippen LogP contribution in [0.1, 0.15) is 31.7 Å². The molecule has 0 aromatic heterocycles. The van der Waals surface area contributed by atoms with Crippen molar-refractivity contribution in [3.05, 3.63) is 35.9 Å². The largest absolute Gasteiger partial charge is 0.354 e. The normalized spacial score (nSPS) is 22.6. The van der Waals surface area contributed by atoms with Gasteiger partial charge in [-0.2, -0.15) is 4.31 Å². The summed E-state index contributed by atoms with van der Waals surface area (Å²) in [5.41, 5.74) is 0.146. The van der Waals surface area contributed by atoms with Crippen LogP contribution < -0.4 is 10.6 Å². The highest BCUT2D eigenvalue weighted by atomic mass is 32.2. The predicted molar refractivity (Wildman–Crippen MR) is 102 cm³/mol. The average Bonchev–Trinajstić information content (AvgIpc) is 2.60. The lowest BCUT2D eigenvalue weighted by molar-refractivity contribution is -0.141. The number of rotatable bonds is 7. The first-order valence-corrected chi connectivity index (χ1v) is 11.1. The molecule has 1 atom stereocenters. The Hall–Kier alpha value is -1.93. The van der Waals surface area contributed by atoms with Crippen molar-refractivity contribution in [1.82, 2.24) is 14.9 Å². The Labute approximate surface area is 160 Å². The van der Waals surface area contributed by atoms with Crippen molar-refractivity contribution in [2.24, 2.45) is 5.41 Å². The highest BCUT2D eigenvalue weighted by Crippen LogP contribution is 2.37. The molecule has 3 rings (SSSR count). The third-order valence-electron chi connectivity index (χ3n) is 5.27. The molecule has 27 heavy (non-hydrogen) atoms. The van der Waals surface area contributed by atoms with Crippen molar-refractivity contribution in [2.45, 2.75) is 38.6 Å². The maximum Gasteiger partial charge on any atom is 0.242 e. The Balaban J connectivity index is 1.76. The molecule has 0 saturated carbocycles. The quantitative estimate of drug-likeness (QED) is 0.712. The molecule has 7 nitrogen and oxygen atoms in total. The summed E-state index contributed by atoms with van der Waals surface area (Å²) in [6.07, 6.45) is 2.42. The first-order valence-electron chi connectivity index (χ1n) is 9.47. The lowest BCUT2D eigenvalue weighted by Crippen LogP contribution is -2.67. The van der Waals surface area contributed by atoms with E-state index in [1.165, 1.54) is 4.31 Å². The van der Waals surface area contributed by atoms with Gasteiger partial charge in [0.2, 0.25) is 21.8 Å². The van der Waals surface area contributed by atoms with Crippen LogP contribution in [0.15, 0.2) is 30.3 Å². The number of hydrogen-bond acceptors (Lipinski definition) is 4. The van der Waals surface area contributed by atoms with Gasteiger partial charge >= 0.3 is 0 Å². The monoisotopic (exact) mass is 393 g/mol. The van der Waals surface area contributed by atoms with Gasteiger partial charge in [-0.3, -0.25) is 9.59 Å². The molecule has 0 aliphatic carbocycles. The Kier molecular flexibility index (Phi) is 5.86. The maximum atomic E-state index is 13.1. The molecule has 0 bridgehead atoms. The fourth-order valence-corrected chi connectivity index (χ4v) is 5.42. The van der Waals surface area contributed by atoms with Crippen LogP contribution in [0, 0.1) is 5.41 Å². The van der Waals surface area contributed by atoms with Gasteiger partial charge in [0, 0.05) is 19.6 Å². The van der Waals surface area contributed by atoms with Crippen LogP contribution in [0.5, 0.6) is 0 Å². The van der Waals surface area contributed by atoms with Gasteiger partial charge in [0.1, 0.15) is 6.04 Å². The van der Waals surface area contributed by atoms with Gasteiger partial charge < -0.3 is 10.6 Å². The molecular formula is C19H27N3O4S. The highest BCUT2D eigenvalue weighted by molar-refractivity contribution is 7.89. The van der Waals surface area contributed by atoms with Gasteiger partial charge in [0.05, 0.1) is 11.2 Å². The number of nitrogens with zero attached hydrogens (tertiary/aromatic N) is 1. The van der Waals surface area contributed by atoms with Gasteiger partial charge in [-0.1, -0.05) is 37.3 Å². The first-order chi connectivity index (χ1) is 12.9. The van der Waals surface area contributed by atoms with Crippen LogP contribution in [-0.2, 0) is 26.0 Å². The molecule has 2 fully saturated rings. The third-order valence-corrected chi connectivity index (χ3v) is 7.24. The summed E-state index contributed by atoms with van der Waals surface area (Å²) in [7, 11) is -3.34. The predicted octanol–water partition coefficient (Wildman–Crippen LogP) is 0.666. The number of nitrogens with one attached hydrogen (secondary N) is 2. The summed E-state index contributed by atoms with van der Waals surface area (Å²) in [5.74, 6) is -0.322. The van der Waals surface area contributed by atoms with E-state index >= 15 is 0 Å². The molecule has 1 unspecified atom stereocenters. The second-order valence-corrected chi connectivity index (χ2v) is 9.57. The Morgan fingerprint density at radius 2 is 2.00 bits per heavy atom. The van der Waals surface area contributed by atoms with Crippen molar-refractivity contribution in [1.29, 1.82) is 0 Å². The second-order valence-electron chi connectivity index (χ2n) is 7.49. The van der Waals surface area contributed by atoms with Crippen molar-refractivity contribution in [3.8, 4) is 0 Å². The Morgan fingerprint density at radius 1 is 1.30 bits per heavy atom. The fourth-order valence-electron chi connectivity index (χ4n) is 3.76. The molecule has 2 N–H and O–H groups in total. The van der Waals surface area contributed by atoms with Gasteiger partial charge in [0.15, 0.2) is 0 Å². The minimum absolute atomic E-state index is 0.0844. The molecule has 1 aromatic carbocycles.